The third-order valence-corrected chi connectivity index (χ3v) is 5.98. The Balaban J connectivity index is 1.29. The zero-order valence-corrected chi connectivity index (χ0v) is 19.1. The average Bonchev–Trinajstić information content (AvgIpc) is 3.32. The fourth-order valence-corrected chi connectivity index (χ4v) is 4.18. The summed E-state index contributed by atoms with van der Waals surface area (Å²) in [4.78, 5) is 2.16. The molecule has 1 aliphatic heterocycles. The molecule has 0 spiro atoms. The molecule has 176 valence electrons. The number of aliphatic hydroxyl groups is 2. The fraction of sp³-hybridized carbons (Fsp3) is 0.423. The first kappa shape index (κ1) is 23.3. The van der Waals surface area contributed by atoms with Crippen LogP contribution in [0.1, 0.15) is 24.0 Å². The lowest BCUT2D eigenvalue weighted by Gasteiger charge is -2.42. The summed E-state index contributed by atoms with van der Waals surface area (Å²) in [5, 5.41) is 25.8. The normalized spacial score (nSPS) is 21.1. The van der Waals surface area contributed by atoms with Crippen LogP contribution < -0.4 is 9.47 Å². The minimum Gasteiger partial charge on any atom is -0.494 e. The molecule has 7 heteroatoms. The van der Waals surface area contributed by atoms with Gasteiger partial charge in [-0.3, -0.25) is 9.58 Å². The number of β-amino-alcohol motifs (C(OH)–C–C–N with tert-alkyl or cyclic N) is 1. The van der Waals surface area contributed by atoms with Crippen LogP contribution in [0.2, 0.25) is 0 Å². The van der Waals surface area contributed by atoms with E-state index >= 15 is 0 Å². The molecule has 0 saturated carbocycles. The number of hydrogen-bond acceptors (Lipinski definition) is 6. The minimum absolute atomic E-state index is 0.0491. The van der Waals surface area contributed by atoms with E-state index in [1.807, 2.05) is 66.3 Å². The first-order valence-electron chi connectivity index (χ1n) is 11.5. The summed E-state index contributed by atoms with van der Waals surface area (Å²) in [5.74, 6) is 1.54. The molecule has 7 nitrogen and oxygen atoms in total. The Morgan fingerprint density at radius 1 is 1.09 bits per heavy atom. The predicted molar refractivity (Wildman–Crippen MR) is 126 cm³/mol. The molecule has 0 amide bonds. The van der Waals surface area contributed by atoms with Crippen molar-refractivity contribution in [2.24, 2.45) is 0 Å². The highest BCUT2D eigenvalue weighted by atomic mass is 16.5. The number of likely N-dealkylation sites (tertiary alicyclic amines) is 1. The van der Waals surface area contributed by atoms with Gasteiger partial charge in [0.2, 0.25) is 0 Å². The maximum atomic E-state index is 11.1. The first-order valence-corrected chi connectivity index (χ1v) is 11.5. The zero-order chi connectivity index (χ0) is 23.1. The summed E-state index contributed by atoms with van der Waals surface area (Å²) < 4.78 is 13.7. The van der Waals surface area contributed by atoms with Crippen molar-refractivity contribution in [2.45, 2.75) is 44.6 Å². The van der Waals surface area contributed by atoms with Gasteiger partial charge in [0.15, 0.2) is 0 Å². The lowest BCUT2D eigenvalue weighted by molar-refractivity contribution is -0.140. The third kappa shape index (κ3) is 6.57. The van der Waals surface area contributed by atoms with Crippen molar-refractivity contribution in [1.82, 2.24) is 14.7 Å². The maximum absolute atomic E-state index is 11.1. The van der Waals surface area contributed by atoms with E-state index in [-0.39, 0.29) is 6.61 Å². The van der Waals surface area contributed by atoms with Crippen LogP contribution in [0.15, 0.2) is 67.0 Å². The van der Waals surface area contributed by atoms with Gasteiger partial charge in [-0.15, -0.1) is 0 Å². The smallest absolute Gasteiger partial charge is 0.137 e. The molecule has 33 heavy (non-hydrogen) atoms. The number of aryl methyl sites for hydroxylation is 2. The minimum atomic E-state index is -1.32. The Labute approximate surface area is 195 Å². The van der Waals surface area contributed by atoms with Crippen molar-refractivity contribution in [3.63, 3.8) is 0 Å². The molecule has 1 saturated heterocycles. The maximum Gasteiger partial charge on any atom is 0.137 e. The predicted octanol–water partition coefficient (Wildman–Crippen LogP) is 3.04. The molecule has 2 aromatic carbocycles. The lowest BCUT2D eigenvalue weighted by atomic mass is 9.90. The Hall–Kier alpha value is -2.87. The lowest BCUT2D eigenvalue weighted by Crippen LogP contribution is -2.59. The van der Waals surface area contributed by atoms with Gasteiger partial charge in [0.05, 0.1) is 12.7 Å². The van der Waals surface area contributed by atoms with Crippen molar-refractivity contribution in [1.29, 1.82) is 0 Å². The number of ether oxygens (including phenoxy) is 2. The summed E-state index contributed by atoms with van der Waals surface area (Å²) >= 11 is 0. The zero-order valence-electron chi connectivity index (χ0n) is 19.1. The largest absolute Gasteiger partial charge is 0.494 e. The van der Waals surface area contributed by atoms with Crippen LogP contribution in [-0.4, -0.2) is 62.9 Å². The van der Waals surface area contributed by atoms with Crippen LogP contribution in [0.4, 0.5) is 0 Å². The molecule has 2 N–H and O–H groups in total. The second-order valence-electron chi connectivity index (χ2n) is 8.84. The Bertz CT molecular complexity index is 1010. The molecule has 1 aliphatic rings. The summed E-state index contributed by atoms with van der Waals surface area (Å²) in [6, 6.07) is 17.7. The van der Waals surface area contributed by atoms with Crippen LogP contribution in [0.25, 0.3) is 0 Å². The number of nitrogens with zero attached hydrogens (tertiary/aromatic N) is 3. The number of benzene rings is 2. The van der Waals surface area contributed by atoms with Gasteiger partial charge in [-0.05, 0) is 54.8 Å². The summed E-state index contributed by atoms with van der Waals surface area (Å²) in [6.07, 6.45) is 4.28. The topological polar surface area (TPSA) is 80.0 Å². The van der Waals surface area contributed by atoms with Crippen molar-refractivity contribution >= 4 is 0 Å². The molecular formula is C26H33N3O4. The summed E-state index contributed by atoms with van der Waals surface area (Å²) in [5.41, 5.74) is 0.884. The summed E-state index contributed by atoms with van der Waals surface area (Å²) in [6.45, 7) is 5.21. The van der Waals surface area contributed by atoms with Crippen molar-refractivity contribution in [3.05, 3.63) is 78.1 Å². The number of aliphatic hydroxyl groups excluding tert-OH is 1. The highest BCUT2D eigenvalue weighted by Crippen LogP contribution is 2.26. The second-order valence-corrected chi connectivity index (χ2v) is 8.84. The van der Waals surface area contributed by atoms with Gasteiger partial charge in [-0.1, -0.05) is 24.3 Å². The SMILES string of the molecule is Cc1cccc(OC[C@]2(O)CN(Cc3cccc(OCCCn4cccn4)c3)CC[C@@H]2O)c1. The standard InChI is InChI=1S/C26H33N3O4/c1-21-6-2-8-23(16-21)33-20-26(31)19-28(14-10-25(26)30)18-22-7-3-9-24(17-22)32-15-5-13-29-12-4-11-27-29/h2-4,6-9,11-12,16-17,25,30-31H,5,10,13-15,18-20H2,1H3/t25-,26+/m0/s1. The van der Waals surface area contributed by atoms with E-state index < -0.39 is 11.7 Å². The molecule has 1 fully saturated rings. The Morgan fingerprint density at radius 2 is 1.91 bits per heavy atom. The van der Waals surface area contributed by atoms with Crippen LogP contribution in [-0.2, 0) is 13.1 Å². The van der Waals surface area contributed by atoms with E-state index in [0.29, 0.717) is 38.4 Å². The van der Waals surface area contributed by atoms with Gasteiger partial charge >= 0.3 is 0 Å². The van der Waals surface area contributed by atoms with Crippen LogP contribution in [0.3, 0.4) is 0 Å². The van der Waals surface area contributed by atoms with Gasteiger partial charge in [0.1, 0.15) is 23.7 Å². The molecule has 4 rings (SSSR count). The van der Waals surface area contributed by atoms with Gasteiger partial charge < -0.3 is 19.7 Å². The molecular weight excluding hydrogens is 418 g/mol. The van der Waals surface area contributed by atoms with E-state index in [1.165, 1.54) is 0 Å². The van der Waals surface area contributed by atoms with Crippen molar-refractivity contribution in [3.8, 4) is 11.5 Å². The van der Waals surface area contributed by atoms with Crippen molar-refractivity contribution < 1.29 is 19.7 Å². The van der Waals surface area contributed by atoms with Gasteiger partial charge in [0.25, 0.3) is 0 Å². The van der Waals surface area contributed by atoms with Gasteiger partial charge in [-0.25, -0.2) is 0 Å². The molecule has 0 bridgehead atoms. The molecule has 1 aromatic heterocycles. The molecule has 0 radical (unpaired) electrons. The number of rotatable bonds is 10. The molecule has 0 unspecified atom stereocenters. The molecule has 2 atom stereocenters. The molecule has 2 heterocycles. The molecule has 0 aliphatic carbocycles. The Kier molecular flexibility index (Phi) is 7.65. The highest BCUT2D eigenvalue weighted by molar-refractivity contribution is 5.29. The highest BCUT2D eigenvalue weighted by Gasteiger charge is 2.42. The van der Waals surface area contributed by atoms with E-state index in [0.717, 1.165) is 29.8 Å². The summed E-state index contributed by atoms with van der Waals surface area (Å²) in [7, 11) is 0. The van der Waals surface area contributed by atoms with E-state index in [4.69, 9.17) is 9.47 Å². The second kappa shape index (κ2) is 10.8. The number of piperidine rings is 1. The van der Waals surface area contributed by atoms with Gasteiger partial charge in [-0.2, -0.15) is 5.10 Å². The van der Waals surface area contributed by atoms with Gasteiger partial charge in [0, 0.05) is 45.0 Å². The number of aromatic nitrogens is 2. The monoisotopic (exact) mass is 451 g/mol. The average molecular weight is 452 g/mol. The van der Waals surface area contributed by atoms with E-state index in [1.54, 1.807) is 6.20 Å². The van der Waals surface area contributed by atoms with Crippen LogP contribution >= 0.6 is 0 Å². The third-order valence-electron chi connectivity index (χ3n) is 5.98. The molecule has 3 aromatic rings. The van der Waals surface area contributed by atoms with E-state index in [2.05, 4.69) is 16.1 Å². The van der Waals surface area contributed by atoms with Crippen LogP contribution in [0.5, 0.6) is 11.5 Å². The van der Waals surface area contributed by atoms with E-state index in [9.17, 15) is 10.2 Å². The quantitative estimate of drug-likeness (QED) is 0.461. The van der Waals surface area contributed by atoms with Crippen LogP contribution in [0, 0.1) is 6.92 Å². The fourth-order valence-electron chi connectivity index (χ4n) is 4.18. The number of hydrogen-bond donors (Lipinski definition) is 2. The Morgan fingerprint density at radius 3 is 2.70 bits per heavy atom. The first-order chi connectivity index (χ1) is 16.0. The van der Waals surface area contributed by atoms with Crippen molar-refractivity contribution in [2.75, 3.05) is 26.3 Å².